The van der Waals surface area contributed by atoms with E-state index in [-0.39, 0.29) is 24.2 Å². The molecule has 2 rings (SSSR count). The predicted molar refractivity (Wildman–Crippen MR) is 62.2 cm³/mol. The van der Waals surface area contributed by atoms with Crippen LogP contribution in [0.5, 0.6) is 0 Å². The molecule has 0 aliphatic carbocycles. The maximum Gasteiger partial charge on any atom is 0.254 e. The van der Waals surface area contributed by atoms with E-state index in [2.05, 4.69) is 10.3 Å². The molecular formula is C11H17N3O2. The van der Waals surface area contributed by atoms with Gasteiger partial charge in [-0.15, -0.1) is 0 Å². The van der Waals surface area contributed by atoms with E-state index in [1.807, 2.05) is 13.0 Å². The van der Waals surface area contributed by atoms with Crippen molar-refractivity contribution in [3.8, 4) is 0 Å². The van der Waals surface area contributed by atoms with E-state index in [9.17, 15) is 4.79 Å². The van der Waals surface area contributed by atoms with E-state index in [1.165, 1.54) is 0 Å². The molecule has 5 N–H and O–H groups in total. The maximum atomic E-state index is 11.7. The minimum atomic E-state index is -0.140. The van der Waals surface area contributed by atoms with E-state index in [0.717, 1.165) is 18.4 Å². The second-order valence-electron chi connectivity index (χ2n) is 4.33. The van der Waals surface area contributed by atoms with Crippen LogP contribution in [-0.2, 0) is 0 Å². The van der Waals surface area contributed by atoms with E-state index in [4.69, 9.17) is 10.8 Å². The third-order valence-electron chi connectivity index (χ3n) is 3.14. The van der Waals surface area contributed by atoms with Crippen molar-refractivity contribution in [2.24, 2.45) is 0 Å². The smallest absolute Gasteiger partial charge is 0.254 e. The van der Waals surface area contributed by atoms with Gasteiger partial charge in [0.15, 0.2) is 0 Å². The second kappa shape index (κ2) is 4.27. The zero-order chi connectivity index (χ0) is 11.7. The van der Waals surface area contributed by atoms with Crippen molar-refractivity contribution in [3.63, 3.8) is 0 Å². The minimum absolute atomic E-state index is 0.0280. The van der Waals surface area contributed by atoms with E-state index >= 15 is 0 Å². The van der Waals surface area contributed by atoms with Gasteiger partial charge in [-0.3, -0.25) is 4.79 Å². The van der Waals surface area contributed by atoms with Gasteiger partial charge < -0.3 is 21.1 Å². The van der Waals surface area contributed by atoms with E-state index in [1.54, 1.807) is 0 Å². The number of hydrogen-bond donors (Lipinski definition) is 4. The molecular weight excluding hydrogens is 206 g/mol. The molecule has 0 radical (unpaired) electrons. The third-order valence-corrected chi connectivity index (χ3v) is 3.14. The molecule has 0 bridgehead atoms. The molecule has 88 valence electrons. The van der Waals surface area contributed by atoms with Crippen LogP contribution in [0.15, 0.2) is 10.9 Å². The van der Waals surface area contributed by atoms with Crippen LogP contribution in [0.4, 0.5) is 5.82 Å². The first-order chi connectivity index (χ1) is 7.61. The highest BCUT2D eigenvalue weighted by atomic mass is 16.3. The highest BCUT2D eigenvalue weighted by molar-refractivity contribution is 5.40. The summed E-state index contributed by atoms with van der Waals surface area (Å²) < 4.78 is 0. The molecule has 1 aliphatic rings. The van der Waals surface area contributed by atoms with Gasteiger partial charge in [0.05, 0.1) is 6.61 Å². The first-order valence-corrected chi connectivity index (χ1v) is 5.48. The van der Waals surface area contributed by atoms with Crippen LogP contribution < -0.4 is 16.6 Å². The monoisotopic (exact) mass is 223 g/mol. The van der Waals surface area contributed by atoms with Crippen LogP contribution in [0.3, 0.4) is 0 Å². The maximum absolute atomic E-state index is 11.7. The van der Waals surface area contributed by atoms with Gasteiger partial charge >= 0.3 is 0 Å². The molecule has 1 aromatic heterocycles. The number of nitrogen functional groups attached to an aromatic ring is 1. The summed E-state index contributed by atoms with van der Waals surface area (Å²) in [6, 6.07) is 1.95. The average molecular weight is 223 g/mol. The number of aliphatic hydroxyl groups excluding tert-OH is 1. The first kappa shape index (κ1) is 11.2. The Morgan fingerprint density at radius 3 is 2.94 bits per heavy atom. The Hall–Kier alpha value is -1.33. The summed E-state index contributed by atoms with van der Waals surface area (Å²) in [5.41, 5.74) is 7.08. The van der Waals surface area contributed by atoms with Crippen molar-refractivity contribution in [1.29, 1.82) is 0 Å². The lowest BCUT2D eigenvalue weighted by atomic mass is 10.1. The third kappa shape index (κ3) is 1.96. The molecule has 16 heavy (non-hydrogen) atoms. The number of hydrogen-bond acceptors (Lipinski definition) is 4. The molecule has 2 unspecified atom stereocenters. The summed E-state index contributed by atoms with van der Waals surface area (Å²) in [6.45, 7) is 1.98. The Morgan fingerprint density at radius 1 is 1.56 bits per heavy atom. The molecule has 1 aliphatic heterocycles. The summed E-state index contributed by atoms with van der Waals surface area (Å²) >= 11 is 0. The molecule has 1 fully saturated rings. The number of pyridine rings is 1. The van der Waals surface area contributed by atoms with Gasteiger partial charge in [-0.1, -0.05) is 0 Å². The lowest BCUT2D eigenvalue weighted by Crippen LogP contribution is -2.30. The van der Waals surface area contributed by atoms with Gasteiger partial charge in [0.2, 0.25) is 0 Å². The Kier molecular flexibility index (Phi) is 2.98. The molecule has 5 nitrogen and oxygen atoms in total. The minimum Gasteiger partial charge on any atom is -0.395 e. The Bertz CT molecular complexity index is 441. The van der Waals surface area contributed by atoms with E-state index < -0.39 is 0 Å². The number of nitrogens with one attached hydrogen (secondary N) is 2. The van der Waals surface area contributed by atoms with Gasteiger partial charge in [-0.2, -0.15) is 0 Å². The number of H-pyrrole nitrogens is 1. The quantitative estimate of drug-likeness (QED) is 0.570. The summed E-state index contributed by atoms with van der Waals surface area (Å²) in [7, 11) is 0. The summed E-state index contributed by atoms with van der Waals surface area (Å²) in [5, 5.41) is 12.3. The number of aromatic amines is 1. The molecule has 0 aromatic carbocycles. The zero-order valence-corrected chi connectivity index (χ0v) is 9.29. The number of anilines is 1. The average Bonchev–Trinajstić information content (AvgIpc) is 2.71. The van der Waals surface area contributed by atoms with Gasteiger partial charge in [0.1, 0.15) is 5.82 Å². The molecule has 0 amide bonds. The SMILES string of the molecule is Cc1cc(C2CCC(CO)N2)c(=O)[nH]c1N. The molecule has 5 heteroatoms. The van der Waals surface area contributed by atoms with Crippen molar-refractivity contribution in [2.75, 3.05) is 12.3 Å². The number of aliphatic hydroxyl groups is 1. The predicted octanol–water partition coefficient (Wildman–Crippen LogP) is 0.0509. The highest BCUT2D eigenvalue weighted by Gasteiger charge is 2.26. The van der Waals surface area contributed by atoms with Crippen LogP contribution in [-0.4, -0.2) is 22.7 Å². The Morgan fingerprint density at radius 2 is 2.31 bits per heavy atom. The molecule has 1 saturated heterocycles. The summed E-state index contributed by atoms with van der Waals surface area (Å²) in [4.78, 5) is 14.4. The first-order valence-electron chi connectivity index (χ1n) is 5.48. The van der Waals surface area contributed by atoms with Gasteiger partial charge in [-0.05, 0) is 31.4 Å². The lowest BCUT2D eigenvalue weighted by molar-refractivity contribution is 0.251. The number of rotatable bonds is 2. The fourth-order valence-corrected chi connectivity index (χ4v) is 2.14. The second-order valence-corrected chi connectivity index (χ2v) is 4.33. The summed E-state index contributed by atoms with van der Waals surface area (Å²) in [5.74, 6) is 0.422. The topological polar surface area (TPSA) is 91.1 Å². The van der Waals surface area contributed by atoms with Gasteiger partial charge in [0.25, 0.3) is 5.56 Å². The molecule has 0 saturated carbocycles. The number of aromatic nitrogens is 1. The number of nitrogens with two attached hydrogens (primary N) is 1. The van der Waals surface area contributed by atoms with Gasteiger partial charge in [0, 0.05) is 17.6 Å². The molecule has 2 atom stereocenters. The Labute approximate surface area is 93.7 Å². The Balaban J connectivity index is 2.28. The van der Waals surface area contributed by atoms with Crippen LogP contribution in [0, 0.1) is 6.92 Å². The van der Waals surface area contributed by atoms with Crippen LogP contribution >= 0.6 is 0 Å². The fourth-order valence-electron chi connectivity index (χ4n) is 2.14. The van der Waals surface area contributed by atoms with Crippen LogP contribution in [0.1, 0.15) is 30.0 Å². The molecule has 0 spiro atoms. The summed E-state index contributed by atoms with van der Waals surface area (Å²) in [6.07, 6.45) is 1.77. The molecule has 2 heterocycles. The van der Waals surface area contributed by atoms with Crippen molar-refractivity contribution in [2.45, 2.75) is 31.8 Å². The van der Waals surface area contributed by atoms with Gasteiger partial charge in [-0.25, -0.2) is 0 Å². The standard InChI is InChI=1S/C11H17N3O2/c1-6-4-8(11(16)14-10(6)12)9-3-2-7(5-15)13-9/h4,7,9,13,15H,2-3,5H2,1H3,(H3,12,14,16). The van der Waals surface area contributed by atoms with Crippen molar-refractivity contribution >= 4 is 5.82 Å². The van der Waals surface area contributed by atoms with Crippen molar-refractivity contribution in [3.05, 3.63) is 27.5 Å². The van der Waals surface area contributed by atoms with E-state index in [0.29, 0.717) is 11.4 Å². The van der Waals surface area contributed by atoms with Crippen molar-refractivity contribution < 1.29 is 5.11 Å². The fraction of sp³-hybridized carbons (Fsp3) is 0.545. The molecule has 1 aromatic rings. The van der Waals surface area contributed by atoms with Crippen LogP contribution in [0.25, 0.3) is 0 Å². The number of aryl methyl sites for hydroxylation is 1. The lowest BCUT2D eigenvalue weighted by Gasteiger charge is -2.13. The van der Waals surface area contributed by atoms with Crippen molar-refractivity contribution in [1.82, 2.24) is 10.3 Å². The largest absolute Gasteiger partial charge is 0.395 e. The van der Waals surface area contributed by atoms with Crippen LogP contribution in [0.2, 0.25) is 0 Å². The normalized spacial score (nSPS) is 24.9. The highest BCUT2D eigenvalue weighted by Crippen LogP contribution is 2.25. The zero-order valence-electron chi connectivity index (χ0n) is 9.29.